The second kappa shape index (κ2) is 8.90. The number of rotatable bonds is 6. The van der Waals surface area contributed by atoms with Crippen molar-refractivity contribution in [2.45, 2.75) is 13.5 Å². The molecule has 5 nitrogen and oxygen atoms in total. The lowest BCUT2D eigenvalue weighted by molar-refractivity contribution is -0.137. The number of carbonyl (C=O) groups is 2. The van der Waals surface area contributed by atoms with Crippen molar-refractivity contribution in [1.82, 2.24) is 10.2 Å². The van der Waals surface area contributed by atoms with Gasteiger partial charge in [0.05, 0.1) is 13.1 Å². The van der Waals surface area contributed by atoms with Crippen LogP contribution in [0.3, 0.4) is 0 Å². The molecule has 1 heterocycles. The van der Waals surface area contributed by atoms with Crippen LogP contribution in [0.25, 0.3) is 0 Å². The first kappa shape index (κ1) is 17.9. The number of nitrogens with two attached hydrogens (primary N) is 1. The van der Waals surface area contributed by atoms with Gasteiger partial charge >= 0.3 is 0 Å². The minimum Gasteiger partial charge on any atom is -0.350 e. The van der Waals surface area contributed by atoms with Crippen LogP contribution in [0.1, 0.15) is 11.8 Å². The minimum atomic E-state index is -0.250. The summed E-state index contributed by atoms with van der Waals surface area (Å²) in [6.45, 7) is 2.61. The molecule has 0 aromatic carbocycles. The molecule has 1 rings (SSSR count). The summed E-state index contributed by atoms with van der Waals surface area (Å²) in [5, 5.41) is 4.73. The molecule has 0 spiro atoms. The maximum absolute atomic E-state index is 11.7. The van der Waals surface area contributed by atoms with Crippen molar-refractivity contribution in [3.8, 4) is 0 Å². The number of nitrogens with one attached hydrogen (secondary N) is 1. The van der Waals surface area contributed by atoms with Crippen LogP contribution in [0.15, 0.2) is 17.5 Å². The molecule has 1 atom stereocenters. The lowest BCUT2D eigenvalue weighted by Crippen LogP contribution is -2.41. The monoisotopic (exact) mass is 305 g/mol. The van der Waals surface area contributed by atoms with Crippen LogP contribution >= 0.6 is 23.7 Å². The zero-order chi connectivity index (χ0) is 13.5. The van der Waals surface area contributed by atoms with E-state index in [0.717, 1.165) is 4.88 Å². The van der Waals surface area contributed by atoms with Crippen molar-refractivity contribution in [3.05, 3.63) is 22.4 Å². The number of halogens is 1. The number of thiophene rings is 1. The fourth-order valence-corrected chi connectivity index (χ4v) is 2.07. The number of amides is 2. The number of hydrogen-bond acceptors (Lipinski definition) is 4. The van der Waals surface area contributed by atoms with E-state index >= 15 is 0 Å². The van der Waals surface area contributed by atoms with Gasteiger partial charge in [0.2, 0.25) is 11.8 Å². The molecule has 1 unspecified atom stereocenters. The van der Waals surface area contributed by atoms with E-state index < -0.39 is 0 Å². The van der Waals surface area contributed by atoms with Crippen LogP contribution in [0, 0.1) is 5.92 Å². The zero-order valence-corrected chi connectivity index (χ0v) is 12.7. The highest BCUT2D eigenvalue weighted by molar-refractivity contribution is 7.09. The summed E-state index contributed by atoms with van der Waals surface area (Å²) in [6, 6.07) is 3.89. The summed E-state index contributed by atoms with van der Waals surface area (Å²) in [7, 11) is 1.61. The number of carbonyl (C=O) groups excluding carboxylic acids is 2. The normalized spacial score (nSPS) is 11.3. The van der Waals surface area contributed by atoms with Gasteiger partial charge in [-0.3, -0.25) is 9.59 Å². The van der Waals surface area contributed by atoms with Crippen molar-refractivity contribution in [2.75, 3.05) is 20.1 Å². The molecule has 1 aromatic heterocycles. The van der Waals surface area contributed by atoms with E-state index in [9.17, 15) is 9.59 Å². The Bertz CT molecular complexity index is 398. The third-order valence-corrected chi connectivity index (χ3v) is 3.45. The van der Waals surface area contributed by atoms with Gasteiger partial charge in [0.1, 0.15) is 0 Å². The Kier molecular flexibility index (Phi) is 8.38. The van der Waals surface area contributed by atoms with E-state index in [1.54, 1.807) is 25.3 Å². The molecule has 3 N–H and O–H groups in total. The van der Waals surface area contributed by atoms with E-state index in [0.29, 0.717) is 13.1 Å². The Labute approximate surface area is 123 Å². The van der Waals surface area contributed by atoms with E-state index in [1.165, 1.54) is 4.90 Å². The smallest absolute Gasteiger partial charge is 0.239 e. The van der Waals surface area contributed by atoms with E-state index in [2.05, 4.69) is 5.32 Å². The number of hydrogen-bond donors (Lipinski definition) is 2. The summed E-state index contributed by atoms with van der Waals surface area (Å²) in [6.07, 6.45) is 0. The van der Waals surface area contributed by atoms with Crippen molar-refractivity contribution < 1.29 is 9.59 Å². The Balaban J connectivity index is 0.00000324. The molecule has 0 aliphatic carbocycles. The summed E-state index contributed by atoms with van der Waals surface area (Å²) in [4.78, 5) is 25.8. The first-order valence-corrected chi connectivity index (χ1v) is 6.66. The summed E-state index contributed by atoms with van der Waals surface area (Å²) < 4.78 is 0. The van der Waals surface area contributed by atoms with Crippen molar-refractivity contribution in [3.63, 3.8) is 0 Å². The Morgan fingerprint density at radius 3 is 2.74 bits per heavy atom. The van der Waals surface area contributed by atoms with E-state index in [-0.39, 0.29) is 36.7 Å². The van der Waals surface area contributed by atoms with Gasteiger partial charge in [-0.15, -0.1) is 23.7 Å². The lowest BCUT2D eigenvalue weighted by atomic mass is 10.1. The maximum Gasteiger partial charge on any atom is 0.239 e. The number of nitrogens with zero attached hydrogens (tertiary/aromatic N) is 1. The van der Waals surface area contributed by atoms with Crippen LogP contribution in [0.4, 0.5) is 0 Å². The van der Waals surface area contributed by atoms with Crippen LogP contribution in [0.2, 0.25) is 0 Å². The minimum absolute atomic E-state index is 0. The largest absolute Gasteiger partial charge is 0.350 e. The van der Waals surface area contributed by atoms with Gasteiger partial charge in [-0.2, -0.15) is 0 Å². The Morgan fingerprint density at radius 2 is 2.21 bits per heavy atom. The van der Waals surface area contributed by atoms with Gasteiger partial charge in [-0.25, -0.2) is 0 Å². The van der Waals surface area contributed by atoms with Gasteiger partial charge in [0, 0.05) is 24.4 Å². The number of likely N-dealkylation sites (N-methyl/N-ethyl adjacent to an activating group) is 1. The van der Waals surface area contributed by atoms with Crippen LogP contribution in [-0.4, -0.2) is 36.9 Å². The van der Waals surface area contributed by atoms with Crippen molar-refractivity contribution in [2.24, 2.45) is 11.7 Å². The highest BCUT2D eigenvalue weighted by atomic mass is 35.5. The van der Waals surface area contributed by atoms with Crippen LogP contribution < -0.4 is 11.1 Å². The molecule has 1 aromatic rings. The van der Waals surface area contributed by atoms with E-state index in [4.69, 9.17) is 5.73 Å². The van der Waals surface area contributed by atoms with Crippen LogP contribution in [0.5, 0.6) is 0 Å². The fraction of sp³-hybridized carbons (Fsp3) is 0.500. The predicted octanol–water partition coefficient (Wildman–Crippen LogP) is 0.839. The fourth-order valence-electron chi connectivity index (χ4n) is 1.43. The third-order valence-electron chi connectivity index (χ3n) is 2.57. The average molecular weight is 306 g/mol. The second-order valence-corrected chi connectivity index (χ2v) is 5.22. The lowest BCUT2D eigenvalue weighted by Gasteiger charge is -2.19. The molecule has 108 valence electrons. The predicted molar refractivity (Wildman–Crippen MR) is 79.3 cm³/mol. The topological polar surface area (TPSA) is 75.4 Å². The summed E-state index contributed by atoms with van der Waals surface area (Å²) in [5.74, 6) is -0.521. The van der Waals surface area contributed by atoms with E-state index in [1.807, 2.05) is 17.5 Å². The highest BCUT2D eigenvalue weighted by Crippen LogP contribution is 2.07. The van der Waals surface area contributed by atoms with Gasteiger partial charge in [0.15, 0.2) is 0 Å². The molecule has 0 aliphatic heterocycles. The van der Waals surface area contributed by atoms with Crippen LogP contribution in [-0.2, 0) is 16.1 Å². The van der Waals surface area contributed by atoms with Gasteiger partial charge in [-0.05, 0) is 11.4 Å². The molecule has 7 heteroatoms. The van der Waals surface area contributed by atoms with Gasteiger partial charge in [0.25, 0.3) is 0 Å². The molecule has 2 amide bonds. The van der Waals surface area contributed by atoms with Crippen molar-refractivity contribution in [1.29, 1.82) is 0 Å². The molecule has 0 saturated carbocycles. The molecule has 0 bridgehead atoms. The molecular formula is C12H20ClN3O2S. The first-order chi connectivity index (χ1) is 8.54. The summed E-state index contributed by atoms with van der Waals surface area (Å²) >= 11 is 1.59. The van der Waals surface area contributed by atoms with Crippen molar-refractivity contribution >= 4 is 35.6 Å². The molecule has 0 aliphatic rings. The van der Waals surface area contributed by atoms with Gasteiger partial charge in [-0.1, -0.05) is 13.0 Å². The maximum atomic E-state index is 11.7. The molecule has 0 fully saturated rings. The standard InChI is InChI=1S/C12H19N3O2S.ClH/c1-9(6-13)12(17)15(2)8-11(16)14-7-10-4-3-5-18-10;/h3-5,9H,6-8,13H2,1-2H3,(H,14,16);1H. The molecular weight excluding hydrogens is 286 g/mol. The second-order valence-electron chi connectivity index (χ2n) is 4.19. The van der Waals surface area contributed by atoms with Gasteiger partial charge < -0.3 is 16.0 Å². The first-order valence-electron chi connectivity index (χ1n) is 5.78. The quantitative estimate of drug-likeness (QED) is 0.818. The average Bonchev–Trinajstić information content (AvgIpc) is 2.87. The summed E-state index contributed by atoms with van der Waals surface area (Å²) in [5.41, 5.74) is 5.42. The zero-order valence-electron chi connectivity index (χ0n) is 11.1. The Hall–Kier alpha value is -1.11. The highest BCUT2D eigenvalue weighted by Gasteiger charge is 2.17. The Morgan fingerprint density at radius 1 is 1.53 bits per heavy atom. The molecule has 0 radical (unpaired) electrons. The third kappa shape index (κ3) is 6.04. The molecule has 0 saturated heterocycles. The molecule has 19 heavy (non-hydrogen) atoms. The SMILES string of the molecule is CC(CN)C(=O)N(C)CC(=O)NCc1cccs1.Cl.